The van der Waals surface area contributed by atoms with Crippen LogP contribution in [0.1, 0.15) is 33.7 Å². The normalized spacial score (nSPS) is 20.3. The van der Waals surface area contributed by atoms with Crippen LogP contribution in [0.4, 0.5) is 0 Å². The fourth-order valence-corrected chi connectivity index (χ4v) is 8.70. The minimum atomic E-state index is -0.257. The molecule has 3 aliphatic rings. The van der Waals surface area contributed by atoms with E-state index in [1.54, 1.807) is 0 Å². The fraction of sp³-hybridized carbons (Fsp3) is 0.0698. The molecule has 216 valence electrons. The minimum Gasteiger partial charge on any atom is -0.292 e. The summed E-state index contributed by atoms with van der Waals surface area (Å²) in [6.07, 6.45) is 11.1. The molecule has 2 heterocycles. The van der Waals surface area contributed by atoms with Gasteiger partial charge in [0.25, 0.3) is 0 Å². The SMILES string of the molecule is C1=CC2C(C(c3ccc(-c4nc5ccccc5n4-c4ccccc4)cc3)=C1)c1ccccc1C21c2ccccc2-c2cnccc21. The van der Waals surface area contributed by atoms with E-state index in [9.17, 15) is 0 Å². The molecule has 46 heavy (non-hydrogen) atoms. The van der Waals surface area contributed by atoms with Gasteiger partial charge in [-0.1, -0.05) is 121 Å². The van der Waals surface area contributed by atoms with Crippen LogP contribution in [-0.2, 0) is 5.41 Å². The van der Waals surface area contributed by atoms with Crippen LogP contribution >= 0.6 is 0 Å². The Morgan fingerprint density at radius 3 is 2.22 bits per heavy atom. The Balaban J connectivity index is 1.11. The molecule has 3 atom stereocenters. The van der Waals surface area contributed by atoms with Gasteiger partial charge in [-0.15, -0.1) is 0 Å². The number of rotatable bonds is 3. The average molecular weight is 588 g/mol. The maximum absolute atomic E-state index is 5.11. The van der Waals surface area contributed by atoms with Crippen molar-refractivity contribution in [1.29, 1.82) is 0 Å². The minimum absolute atomic E-state index is 0.230. The molecule has 0 fully saturated rings. The molecular formula is C43H29N3. The lowest BCUT2D eigenvalue weighted by Crippen LogP contribution is -2.33. The Morgan fingerprint density at radius 1 is 0.609 bits per heavy atom. The van der Waals surface area contributed by atoms with Crippen molar-refractivity contribution in [2.75, 3.05) is 0 Å². The number of pyridine rings is 1. The molecule has 0 radical (unpaired) electrons. The number of benzene rings is 5. The van der Waals surface area contributed by atoms with Gasteiger partial charge in [-0.05, 0) is 69.3 Å². The van der Waals surface area contributed by atoms with Crippen molar-refractivity contribution < 1.29 is 0 Å². The summed E-state index contributed by atoms with van der Waals surface area (Å²) in [6.45, 7) is 0. The standard InChI is InChI=1S/C43H29N3/c1-2-11-30(12-3-1)46-40-20-9-8-19-39(40)45-42(46)29-23-21-28(22-24-29)31-15-10-18-38-41(31)33-14-5-7-17-36(33)43(38)35-16-6-4-13-32(35)34-27-44-26-25-37(34)43/h1-27,38,41H. The van der Waals surface area contributed by atoms with Crippen molar-refractivity contribution in [2.24, 2.45) is 5.92 Å². The third kappa shape index (κ3) is 3.32. The highest BCUT2D eigenvalue weighted by Crippen LogP contribution is 2.66. The van der Waals surface area contributed by atoms with Crippen LogP contribution in [0.15, 0.2) is 164 Å². The van der Waals surface area contributed by atoms with E-state index in [2.05, 4.69) is 167 Å². The van der Waals surface area contributed by atoms with Gasteiger partial charge in [0, 0.05) is 41.0 Å². The second-order valence-electron chi connectivity index (χ2n) is 12.5. The Bertz CT molecular complexity index is 2330. The second-order valence-corrected chi connectivity index (χ2v) is 12.5. The van der Waals surface area contributed by atoms with Gasteiger partial charge in [-0.3, -0.25) is 9.55 Å². The summed E-state index contributed by atoms with van der Waals surface area (Å²) in [6, 6.07) is 48.3. The third-order valence-electron chi connectivity index (χ3n) is 10.4. The molecule has 0 saturated carbocycles. The lowest BCUT2D eigenvalue weighted by molar-refractivity contribution is 0.471. The lowest BCUT2D eigenvalue weighted by Gasteiger charge is -2.37. The fourth-order valence-electron chi connectivity index (χ4n) is 8.70. The first-order chi connectivity index (χ1) is 22.8. The smallest absolute Gasteiger partial charge is 0.145 e. The van der Waals surface area contributed by atoms with Crippen molar-refractivity contribution in [3.05, 3.63) is 192 Å². The van der Waals surface area contributed by atoms with Crippen LogP contribution in [0.2, 0.25) is 0 Å². The van der Waals surface area contributed by atoms with Crippen molar-refractivity contribution in [2.45, 2.75) is 11.3 Å². The second kappa shape index (κ2) is 9.60. The van der Waals surface area contributed by atoms with Gasteiger partial charge in [-0.2, -0.15) is 0 Å². The van der Waals surface area contributed by atoms with Crippen molar-refractivity contribution in [1.82, 2.24) is 14.5 Å². The highest BCUT2D eigenvalue weighted by molar-refractivity contribution is 5.89. The molecule has 10 rings (SSSR count). The van der Waals surface area contributed by atoms with Gasteiger partial charge in [0.1, 0.15) is 5.82 Å². The summed E-state index contributed by atoms with van der Waals surface area (Å²) in [5.41, 5.74) is 14.8. The van der Waals surface area contributed by atoms with Gasteiger partial charge in [-0.25, -0.2) is 4.98 Å². The van der Waals surface area contributed by atoms with E-state index < -0.39 is 0 Å². The summed E-state index contributed by atoms with van der Waals surface area (Å²) in [5.74, 6) is 1.43. The molecule has 5 aromatic carbocycles. The van der Waals surface area contributed by atoms with Crippen LogP contribution in [-0.4, -0.2) is 14.5 Å². The predicted octanol–water partition coefficient (Wildman–Crippen LogP) is 9.77. The van der Waals surface area contributed by atoms with Gasteiger partial charge >= 0.3 is 0 Å². The molecule has 0 aliphatic heterocycles. The zero-order valence-corrected chi connectivity index (χ0v) is 25.1. The first-order valence-electron chi connectivity index (χ1n) is 16.0. The highest BCUT2D eigenvalue weighted by Gasteiger charge is 2.58. The number of hydrogen-bond donors (Lipinski definition) is 0. The van der Waals surface area contributed by atoms with Crippen molar-refractivity contribution in [3.8, 4) is 28.2 Å². The molecule has 3 heteroatoms. The zero-order valence-electron chi connectivity index (χ0n) is 25.1. The van der Waals surface area contributed by atoms with E-state index in [0.717, 1.165) is 28.1 Å². The van der Waals surface area contributed by atoms with E-state index >= 15 is 0 Å². The number of fused-ring (bicyclic) bond motifs is 11. The maximum atomic E-state index is 5.11. The Kier molecular flexibility index (Phi) is 5.32. The van der Waals surface area contributed by atoms with Crippen LogP contribution in [0.25, 0.3) is 44.8 Å². The zero-order chi connectivity index (χ0) is 30.2. The molecule has 0 N–H and O–H groups in total. The number of imidazole rings is 1. The molecule has 0 bridgehead atoms. The van der Waals surface area contributed by atoms with Crippen molar-refractivity contribution >= 4 is 16.6 Å². The summed E-state index contributed by atoms with van der Waals surface area (Å²) < 4.78 is 2.27. The van der Waals surface area contributed by atoms with Crippen molar-refractivity contribution in [3.63, 3.8) is 0 Å². The summed E-state index contributed by atoms with van der Waals surface area (Å²) >= 11 is 0. The van der Waals surface area contributed by atoms with E-state index in [-0.39, 0.29) is 17.3 Å². The maximum Gasteiger partial charge on any atom is 0.145 e. The molecule has 2 aromatic heterocycles. The molecule has 3 aliphatic carbocycles. The molecule has 0 saturated heterocycles. The van der Waals surface area contributed by atoms with Crippen LogP contribution in [0.5, 0.6) is 0 Å². The Hall–Kier alpha value is -5.80. The number of nitrogens with zero attached hydrogens (tertiary/aromatic N) is 3. The number of para-hydroxylation sites is 3. The monoisotopic (exact) mass is 587 g/mol. The molecule has 3 unspecified atom stereocenters. The van der Waals surface area contributed by atoms with Gasteiger partial charge in [0.15, 0.2) is 0 Å². The summed E-state index contributed by atoms with van der Waals surface area (Å²) in [5, 5.41) is 0. The number of allylic oxidation sites excluding steroid dienone is 4. The topological polar surface area (TPSA) is 30.7 Å². The molecule has 1 spiro atoms. The van der Waals surface area contributed by atoms with Gasteiger partial charge in [0.2, 0.25) is 0 Å². The first-order valence-corrected chi connectivity index (χ1v) is 16.0. The van der Waals surface area contributed by atoms with Gasteiger partial charge in [0.05, 0.1) is 16.4 Å². The number of hydrogen-bond acceptors (Lipinski definition) is 2. The molecule has 0 amide bonds. The summed E-state index contributed by atoms with van der Waals surface area (Å²) in [4.78, 5) is 9.68. The van der Waals surface area contributed by atoms with Crippen LogP contribution < -0.4 is 0 Å². The lowest BCUT2D eigenvalue weighted by atomic mass is 9.64. The van der Waals surface area contributed by atoms with Crippen LogP contribution in [0.3, 0.4) is 0 Å². The third-order valence-corrected chi connectivity index (χ3v) is 10.4. The molecule has 7 aromatic rings. The van der Waals surface area contributed by atoms with E-state index in [4.69, 9.17) is 4.98 Å². The Morgan fingerprint density at radius 2 is 1.33 bits per heavy atom. The number of aromatic nitrogens is 3. The van der Waals surface area contributed by atoms with E-state index in [1.807, 2.05) is 6.20 Å². The van der Waals surface area contributed by atoms with Crippen LogP contribution in [0, 0.1) is 5.92 Å². The summed E-state index contributed by atoms with van der Waals surface area (Å²) in [7, 11) is 0. The van der Waals surface area contributed by atoms with Gasteiger partial charge < -0.3 is 0 Å². The molecular weight excluding hydrogens is 558 g/mol. The predicted molar refractivity (Wildman–Crippen MR) is 186 cm³/mol. The first kappa shape index (κ1) is 25.5. The Labute approximate surface area is 267 Å². The quantitative estimate of drug-likeness (QED) is 0.206. The molecule has 3 nitrogen and oxygen atoms in total. The highest BCUT2D eigenvalue weighted by atomic mass is 15.1. The van der Waals surface area contributed by atoms with E-state index in [0.29, 0.717) is 0 Å². The largest absolute Gasteiger partial charge is 0.292 e. The average Bonchev–Trinajstić information content (AvgIpc) is 3.77. The van der Waals surface area contributed by atoms with E-state index in [1.165, 1.54) is 44.5 Å².